The molecule has 0 aliphatic heterocycles. The first-order chi connectivity index (χ1) is 18.4. The van der Waals surface area contributed by atoms with Crippen molar-refractivity contribution in [3.63, 3.8) is 0 Å². The first-order valence-electron chi connectivity index (χ1n) is 12.9. The summed E-state index contributed by atoms with van der Waals surface area (Å²) in [7, 11) is 0. The smallest absolute Gasteiger partial charge is 0.341 e. The number of aryl methyl sites for hydroxylation is 3. The zero-order valence-corrected chi connectivity index (χ0v) is 23.8. The molecule has 3 aromatic rings. The minimum Gasteiger partial charge on any atom is -0.486 e. The van der Waals surface area contributed by atoms with E-state index < -0.39 is 0 Å². The summed E-state index contributed by atoms with van der Waals surface area (Å²) in [5.74, 6) is 0.972. The fourth-order valence-electron chi connectivity index (χ4n) is 4.55. The lowest BCUT2D eigenvalue weighted by atomic mass is 10.1. The maximum atomic E-state index is 13.0. The minimum absolute atomic E-state index is 0.123. The van der Waals surface area contributed by atoms with Gasteiger partial charge in [-0.2, -0.15) is 0 Å². The van der Waals surface area contributed by atoms with Gasteiger partial charge in [-0.25, -0.2) is 4.79 Å². The Balaban J connectivity index is 1.44. The molecule has 2 aromatic heterocycles. The van der Waals surface area contributed by atoms with Crippen molar-refractivity contribution in [3.8, 4) is 5.75 Å². The molecule has 1 amide bonds. The highest BCUT2D eigenvalue weighted by molar-refractivity contribution is 7.99. The van der Waals surface area contributed by atoms with Crippen molar-refractivity contribution in [1.82, 2.24) is 14.8 Å². The molecule has 0 unspecified atom stereocenters. The third-order valence-electron chi connectivity index (χ3n) is 6.15. The summed E-state index contributed by atoms with van der Waals surface area (Å²) in [5, 5.41) is 12.7. The summed E-state index contributed by atoms with van der Waals surface area (Å²) in [4.78, 5) is 26.9. The van der Waals surface area contributed by atoms with Crippen molar-refractivity contribution in [2.45, 2.75) is 71.2 Å². The fourth-order valence-corrected chi connectivity index (χ4v) is 6.61. The number of nitrogens with zero attached hydrogens (tertiary/aromatic N) is 3. The molecule has 0 radical (unpaired) electrons. The molecular weight excluding hydrogens is 520 g/mol. The molecule has 0 saturated carbocycles. The molecule has 1 aliphatic rings. The highest BCUT2D eigenvalue weighted by Gasteiger charge is 2.27. The summed E-state index contributed by atoms with van der Waals surface area (Å²) < 4.78 is 13.2. The lowest BCUT2D eigenvalue weighted by Gasteiger charge is -2.10. The van der Waals surface area contributed by atoms with E-state index in [-0.39, 0.29) is 24.2 Å². The second-order valence-electron chi connectivity index (χ2n) is 9.24. The minimum atomic E-state index is -0.367. The standard InChI is InChI=1S/C28H34N4O4S2/c1-5-12-32-23(16-36-20-14-18(3)13-19(4)15-20)30-31-28(32)37-17-24(33)29-26-25(27(34)35-6-2)21-10-8-7-9-11-22(21)38-26/h5,13-15H,1,6-12,16-17H2,2-4H3,(H,29,33). The number of allylic oxidation sites excluding steroid dienone is 1. The van der Waals surface area contributed by atoms with E-state index in [4.69, 9.17) is 9.47 Å². The Bertz CT molecular complexity index is 1290. The Hall–Kier alpha value is -3.11. The molecule has 10 heteroatoms. The van der Waals surface area contributed by atoms with Crippen LogP contribution in [0.25, 0.3) is 0 Å². The van der Waals surface area contributed by atoms with Crippen LogP contribution in [0.4, 0.5) is 5.00 Å². The first kappa shape index (κ1) is 27.9. The highest BCUT2D eigenvalue weighted by atomic mass is 32.2. The molecule has 0 saturated heterocycles. The van der Waals surface area contributed by atoms with Gasteiger partial charge in [0.05, 0.1) is 17.9 Å². The average Bonchev–Trinajstić information content (AvgIpc) is 3.32. The number of aromatic nitrogens is 3. The number of carbonyl (C=O) groups excluding carboxylic acids is 2. The number of thiophene rings is 1. The quantitative estimate of drug-likeness (QED) is 0.136. The van der Waals surface area contributed by atoms with Gasteiger partial charge in [0.25, 0.3) is 0 Å². The zero-order chi connectivity index (χ0) is 27.1. The van der Waals surface area contributed by atoms with Crippen LogP contribution in [0.5, 0.6) is 5.75 Å². The third kappa shape index (κ3) is 6.85. The number of fused-ring (bicyclic) bond motifs is 1. The SMILES string of the molecule is C=CCn1c(COc2cc(C)cc(C)c2)nnc1SCC(=O)Nc1sc2c(c1C(=O)OCC)CCCCC2. The molecule has 0 bridgehead atoms. The number of hydrogen-bond acceptors (Lipinski definition) is 8. The number of benzene rings is 1. The van der Waals surface area contributed by atoms with E-state index in [1.807, 2.05) is 30.5 Å². The van der Waals surface area contributed by atoms with Crippen LogP contribution < -0.4 is 10.1 Å². The fraction of sp³-hybridized carbons (Fsp3) is 0.429. The van der Waals surface area contributed by atoms with E-state index in [0.717, 1.165) is 54.5 Å². The van der Waals surface area contributed by atoms with E-state index in [9.17, 15) is 9.59 Å². The van der Waals surface area contributed by atoms with E-state index in [2.05, 4.69) is 28.2 Å². The summed E-state index contributed by atoms with van der Waals surface area (Å²) >= 11 is 2.78. The van der Waals surface area contributed by atoms with Gasteiger partial charge in [-0.15, -0.1) is 28.1 Å². The lowest BCUT2D eigenvalue weighted by molar-refractivity contribution is -0.113. The Morgan fingerprint density at radius 1 is 1.16 bits per heavy atom. The molecule has 1 aliphatic carbocycles. The number of thioether (sulfide) groups is 1. The Kier molecular flexibility index (Phi) is 9.63. The van der Waals surface area contributed by atoms with Crippen LogP contribution in [0.15, 0.2) is 36.0 Å². The van der Waals surface area contributed by atoms with Gasteiger partial charge in [-0.05, 0) is 75.3 Å². The second-order valence-corrected chi connectivity index (χ2v) is 11.3. The van der Waals surface area contributed by atoms with Crippen molar-refractivity contribution in [2.75, 3.05) is 17.7 Å². The van der Waals surface area contributed by atoms with E-state index >= 15 is 0 Å². The van der Waals surface area contributed by atoms with Crippen LogP contribution >= 0.6 is 23.1 Å². The Morgan fingerprint density at radius 3 is 2.66 bits per heavy atom. The van der Waals surface area contributed by atoms with Crippen LogP contribution in [0.1, 0.15) is 63.9 Å². The molecule has 0 spiro atoms. The number of carbonyl (C=O) groups is 2. The number of nitrogens with one attached hydrogen (secondary N) is 1. The lowest BCUT2D eigenvalue weighted by Crippen LogP contribution is -2.17. The molecule has 38 heavy (non-hydrogen) atoms. The van der Waals surface area contributed by atoms with Crippen molar-refractivity contribution < 1.29 is 19.1 Å². The zero-order valence-electron chi connectivity index (χ0n) is 22.2. The molecule has 2 heterocycles. The summed E-state index contributed by atoms with van der Waals surface area (Å²) in [6, 6.07) is 6.06. The van der Waals surface area contributed by atoms with Crippen LogP contribution in [-0.4, -0.2) is 39.0 Å². The normalized spacial score (nSPS) is 12.9. The maximum Gasteiger partial charge on any atom is 0.341 e. The number of ether oxygens (including phenoxy) is 2. The van der Waals surface area contributed by atoms with Crippen molar-refractivity contribution in [3.05, 3.63) is 63.8 Å². The first-order valence-corrected chi connectivity index (χ1v) is 14.7. The van der Waals surface area contributed by atoms with Gasteiger partial charge in [-0.1, -0.05) is 30.3 Å². The average molecular weight is 555 g/mol. The topological polar surface area (TPSA) is 95.3 Å². The van der Waals surface area contributed by atoms with E-state index in [1.165, 1.54) is 28.0 Å². The predicted octanol–water partition coefficient (Wildman–Crippen LogP) is 5.90. The van der Waals surface area contributed by atoms with Gasteiger partial charge in [0, 0.05) is 11.4 Å². The van der Waals surface area contributed by atoms with Crippen molar-refractivity contribution >= 4 is 40.0 Å². The van der Waals surface area contributed by atoms with Crippen LogP contribution in [0.2, 0.25) is 0 Å². The molecule has 0 fully saturated rings. The van der Waals surface area contributed by atoms with Gasteiger partial charge in [0.1, 0.15) is 17.4 Å². The largest absolute Gasteiger partial charge is 0.486 e. The number of rotatable bonds is 11. The molecule has 1 N–H and O–H groups in total. The van der Waals surface area contributed by atoms with Gasteiger partial charge >= 0.3 is 5.97 Å². The van der Waals surface area contributed by atoms with E-state index in [0.29, 0.717) is 34.7 Å². The molecule has 1 aromatic carbocycles. The van der Waals surface area contributed by atoms with Gasteiger partial charge in [0.2, 0.25) is 5.91 Å². The maximum absolute atomic E-state index is 13.0. The van der Waals surface area contributed by atoms with Crippen molar-refractivity contribution in [1.29, 1.82) is 0 Å². The number of hydrogen-bond donors (Lipinski definition) is 1. The Labute approximate surface area is 231 Å². The summed E-state index contributed by atoms with van der Waals surface area (Å²) in [6.07, 6.45) is 6.79. The number of esters is 1. The number of anilines is 1. The van der Waals surface area contributed by atoms with Gasteiger partial charge in [0.15, 0.2) is 11.0 Å². The van der Waals surface area contributed by atoms with Gasteiger partial charge in [-0.3, -0.25) is 9.36 Å². The molecule has 202 valence electrons. The molecular formula is C28H34N4O4S2. The van der Waals surface area contributed by atoms with Crippen LogP contribution in [0, 0.1) is 13.8 Å². The molecule has 0 atom stereocenters. The monoisotopic (exact) mass is 554 g/mol. The third-order valence-corrected chi connectivity index (χ3v) is 8.33. The van der Waals surface area contributed by atoms with Crippen LogP contribution in [0.3, 0.4) is 0 Å². The molecule has 8 nitrogen and oxygen atoms in total. The summed E-state index contributed by atoms with van der Waals surface area (Å²) in [6.45, 7) is 10.7. The van der Waals surface area contributed by atoms with Gasteiger partial charge < -0.3 is 14.8 Å². The Morgan fingerprint density at radius 2 is 1.92 bits per heavy atom. The number of amides is 1. The van der Waals surface area contributed by atoms with E-state index in [1.54, 1.807) is 13.0 Å². The second kappa shape index (κ2) is 13.1. The highest BCUT2D eigenvalue weighted by Crippen LogP contribution is 2.38. The van der Waals surface area contributed by atoms with Crippen molar-refractivity contribution in [2.24, 2.45) is 0 Å². The van der Waals surface area contributed by atoms with Crippen LogP contribution in [-0.2, 0) is 35.5 Å². The summed E-state index contributed by atoms with van der Waals surface area (Å²) in [5.41, 5.74) is 3.81. The molecule has 4 rings (SSSR count). The predicted molar refractivity (Wildman–Crippen MR) is 151 cm³/mol.